The van der Waals surface area contributed by atoms with E-state index in [-0.39, 0.29) is 0 Å². The summed E-state index contributed by atoms with van der Waals surface area (Å²) in [7, 11) is 0. The number of aromatic nitrogens is 2. The molecule has 5 nitrogen and oxygen atoms in total. The van der Waals surface area contributed by atoms with E-state index >= 15 is 0 Å². The van der Waals surface area contributed by atoms with Gasteiger partial charge < -0.3 is 14.6 Å². The zero-order valence-electron chi connectivity index (χ0n) is 12.9. The minimum Gasteiger partial charge on any atom is -0.378 e. The van der Waals surface area contributed by atoms with Gasteiger partial charge in [-0.05, 0) is 29.8 Å². The van der Waals surface area contributed by atoms with Crippen molar-refractivity contribution in [3.05, 3.63) is 48.0 Å². The number of aromatic amines is 1. The Bertz CT molecular complexity index is 938. The largest absolute Gasteiger partial charge is 0.378 e. The van der Waals surface area contributed by atoms with Gasteiger partial charge in [-0.2, -0.15) is 5.26 Å². The van der Waals surface area contributed by atoms with Crippen molar-refractivity contribution in [3.8, 4) is 17.2 Å². The SMILES string of the molecule is N#Cc1cc(F)cc(-c2c[nH]c3nccc(N4CCOCC4)c23)c1. The molecule has 1 fully saturated rings. The maximum absolute atomic E-state index is 13.9. The Labute approximate surface area is 138 Å². The maximum Gasteiger partial charge on any atom is 0.139 e. The molecule has 1 saturated heterocycles. The molecule has 3 aromatic rings. The lowest BCUT2D eigenvalue weighted by molar-refractivity contribution is 0.123. The molecule has 0 radical (unpaired) electrons. The average molecular weight is 322 g/mol. The van der Waals surface area contributed by atoms with Crippen molar-refractivity contribution in [3.63, 3.8) is 0 Å². The molecule has 0 saturated carbocycles. The van der Waals surface area contributed by atoms with Crippen LogP contribution in [0.5, 0.6) is 0 Å². The van der Waals surface area contributed by atoms with E-state index in [2.05, 4.69) is 14.9 Å². The summed E-state index contributed by atoms with van der Waals surface area (Å²) in [6, 6.07) is 8.35. The zero-order valence-corrected chi connectivity index (χ0v) is 12.9. The first-order valence-corrected chi connectivity index (χ1v) is 7.76. The van der Waals surface area contributed by atoms with E-state index in [1.165, 1.54) is 12.1 Å². The summed E-state index contributed by atoms with van der Waals surface area (Å²) in [6.45, 7) is 2.97. The van der Waals surface area contributed by atoms with Gasteiger partial charge in [0.1, 0.15) is 11.5 Å². The Kier molecular flexibility index (Phi) is 3.63. The number of anilines is 1. The Balaban J connectivity index is 1.91. The number of nitriles is 1. The standard InChI is InChI=1S/C18H15FN4O/c19-14-8-12(10-20)7-13(9-14)15-11-22-18-17(15)16(1-2-21-18)23-3-5-24-6-4-23/h1-2,7-9,11H,3-6H2,(H,21,22). The first kappa shape index (κ1) is 14.7. The van der Waals surface area contributed by atoms with Crippen molar-refractivity contribution in [2.45, 2.75) is 0 Å². The van der Waals surface area contributed by atoms with E-state index in [0.717, 1.165) is 35.4 Å². The molecule has 4 rings (SSSR count). The molecule has 1 N–H and O–H groups in total. The minimum absolute atomic E-state index is 0.302. The number of benzene rings is 1. The van der Waals surface area contributed by atoms with Gasteiger partial charge in [-0.25, -0.2) is 9.37 Å². The van der Waals surface area contributed by atoms with Crippen molar-refractivity contribution < 1.29 is 9.13 Å². The van der Waals surface area contributed by atoms with Crippen LogP contribution in [-0.4, -0.2) is 36.3 Å². The number of hydrogen-bond acceptors (Lipinski definition) is 4. The van der Waals surface area contributed by atoms with Crippen LogP contribution in [0.1, 0.15) is 5.56 Å². The van der Waals surface area contributed by atoms with E-state index in [9.17, 15) is 4.39 Å². The summed E-state index contributed by atoms with van der Waals surface area (Å²) in [5.74, 6) is -0.421. The Morgan fingerprint density at radius 3 is 2.88 bits per heavy atom. The average Bonchev–Trinajstić information content (AvgIpc) is 3.06. The van der Waals surface area contributed by atoms with Gasteiger partial charge in [0.15, 0.2) is 0 Å². The van der Waals surface area contributed by atoms with Gasteiger partial charge in [0.05, 0.1) is 30.5 Å². The van der Waals surface area contributed by atoms with Gasteiger partial charge >= 0.3 is 0 Å². The predicted octanol–water partition coefficient (Wildman–Crippen LogP) is 3.08. The van der Waals surface area contributed by atoms with Crippen LogP contribution in [0.4, 0.5) is 10.1 Å². The van der Waals surface area contributed by atoms with Crippen LogP contribution in [0.15, 0.2) is 36.7 Å². The van der Waals surface area contributed by atoms with Gasteiger partial charge in [-0.15, -0.1) is 0 Å². The topological polar surface area (TPSA) is 64.9 Å². The van der Waals surface area contributed by atoms with Crippen LogP contribution in [-0.2, 0) is 4.74 Å². The first-order valence-electron chi connectivity index (χ1n) is 7.76. The van der Waals surface area contributed by atoms with Gasteiger partial charge in [-0.1, -0.05) is 0 Å². The summed E-state index contributed by atoms with van der Waals surface area (Å²) < 4.78 is 19.3. The van der Waals surface area contributed by atoms with Crippen molar-refractivity contribution in [2.24, 2.45) is 0 Å². The summed E-state index contributed by atoms with van der Waals surface area (Å²) in [4.78, 5) is 9.77. The predicted molar refractivity (Wildman–Crippen MR) is 89.2 cm³/mol. The molecule has 2 aromatic heterocycles. The van der Waals surface area contributed by atoms with Crippen molar-refractivity contribution in [1.82, 2.24) is 9.97 Å². The van der Waals surface area contributed by atoms with E-state index in [0.29, 0.717) is 24.3 Å². The smallest absolute Gasteiger partial charge is 0.139 e. The molecule has 0 atom stereocenters. The number of rotatable bonds is 2. The summed E-state index contributed by atoms with van der Waals surface area (Å²) in [5.41, 5.74) is 3.60. The van der Waals surface area contributed by atoms with Gasteiger partial charge in [0.2, 0.25) is 0 Å². The van der Waals surface area contributed by atoms with Crippen molar-refractivity contribution in [2.75, 3.05) is 31.2 Å². The monoisotopic (exact) mass is 322 g/mol. The fourth-order valence-corrected chi connectivity index (χ4v) is 3.14. The molecule has 1 aliphatic heterocycles. The van der Waals surface area contributed by atoms with Crippen LogP contribution < -0.4 is 4.90 Å². The Morgan fingerprint density at radius 2 is 2.08 bits per heavy atom. The third-order valence-electron chi connectivity index (χ3n) is 4.24. The number of morpholine rings is 1. The number of halogens is 1. The van der Waals surface area contributed by atoms with Crippen LogP contribution in [0.3, 0.4) is 0 Å². The second-order valence-corrected chi connectivity index (χ2v) is 5.70. The number of hydrogen-bond donors (Lipinski definition) is 1. The quantitative estimate of drug-likeness (QED) is 0.787. The molecule has 0 aliphatic carbocycles. The molecule has 0 amide bonds. The fraction of sp³-hybridized carbons (Fsp3) is 0.222. The molecule has 1 aromatic carbocycles. The highest BCUT2D eigenvalue weighted by atomic mass is 19.1. The highest BCUT2D eigenvalue weighted by Crippen LogP contribution is 2.35. The Hall–Kier alpha value is -2.91. The number of nitrogens with zero attached hydrogens (tertiary/aromatic N) is 3. The number of nitrogens with one attached hydrogen (secondary N) is 1. The number of H-pyrrole nitrogens is 1. The van der Waals surface area contributed by atoms with Crippen LogP contribution in [0, 0.1) is 17.1 Å². The lowest BCUT2D eigenvalue weighted by atomic mass is 10.0. The molecular weight excluding hydrogens is 307 g/mol. The second kappa shape index (κ2) is 5.95. The molecular formula is C18H15FN4O. The summed E-state index contributed by atoms with van der Waals surface area (Å²) in [5, 5.41) is 10.0. The lowest BCUT2D eigenvalue weighted by Crippen LogP contribution is -2.36. The summed E-state index contributed by atoms with van der Waals surface area (Å²) >= 11 is 0. The van der Waals surface area contributed by atoms with Gasteiger partial charge in [0, 0.05) is 36.4 Å². The molecule has 0 spiro atoms. The van der Waals surface area contributed by atoms with Gasteiger partial charge in [-0.3, -0.25) is 0 Å². The zero-order chi connectivity index (χ0) is 16.5. The molecule has 0 bridgehead atoms. The summed E-state index contributed by atoms with van der Waals surface area (Å²) in [6.07, 6.45) is 3.58. The van der Waals surface area contributed by atoms with Crippen molar-refractivity contribution >= 4 is 16.7 Å². The highest BCUT2D eigenvalue weighted by molar-refractivity contribution is 6.02. The van der Waals surface area contributed by atoms with E-state index in [1.807, 2.05) is 18.3 Å². The fourth-order valence-electron chi connectivity index (χ4n) is 3.14. The van der Waals surface area contributed by atoms with E-state index < -0.39 is 5.82 Å². The Morgan fingerprint density at radius 1 is 1.25 bits per heavy atom. The molecule has 6 heteroatoms. The lowest BCUT2D eigenvalue weighted by Gasteiger charge is -2.29. The highest BCUT2D eigenvalue weighted by Gasteiger charge is 2.18. The molecule has 3 heterocycles. The van der Waals surface area contributed by atoms with Crippen LogP contribution in [0.2, 0.25) is 0 Å². The first-order chi connectivity index (χ1) is 11.8. The molecule has 24 heavy (non-hydrogen) atoms. The third-order valence-corrected chi connectivity index (χ3v) is 4.24. The number of fused-ring (bicyclic) bond motifs is 1. The van der Waals surface area contributed by atoms with E-state index in [4.69, 9.17) is 10.00 Å². The third kappa shape index (κ3) is 2.49. The van der Waals surface area contributed by atoms with Gasteiger partial charge in [0.25, 0.3) is 0 Å². The minimum atomic E-state index is -0.421. The normalized spacial score (nSPS) is 14.8. The van der Waals surface area contributed by atoms with Crippen LogP contribution >= 0.6 is 0 Å². The number of pyridine rings is 1. The van der Waals surface area contributed by atoms with Crippen molar-refractivity contribution in [1.29, 1.82) is 5.26 Å². The van der Waals surface area contributed by atoms with Crippen LogP contribution in [0.25, 0.3) is 22.2 Å². The number of ether oxygens (including phenoxy) is 1. The molecule has 120 valence electrons. The maximum atomic E-state index is 13.9. The van der Waals surface area contributed by atoms with E-state index in [1.54, 1.807) is 12.3 Å². The molecule has 1 aliphatic rings. The molecule has 0 unspecified atom stereocenters. The second-order valence-electron chi connectivity index (χ2n) is 5.70.